The number of likely N-dealkylation sites (tertiary alicyclic amines) is 1. The molecule has 1 fully saturated rings. The van der Waals surface area contributed by atoms with E-state index in [1.54, 1.807) is 0 Å². The van der Waals surface area contributed by atoms with Crippen LogP contribution in [-0.2, 0) is 0 Å². The molecule has 112 valence electrons. The zero-order valence-electron chi connectivity index (χ0n) is 12.9. The predicted molar refractivity (Wildman–Crippen MR) is 84.3 cm³/mol. The molecule has 0 radical (unpaired) electrons. The lowest BCUT2D eigenvalue weighted by Crippen LogP contribution is -2.40. The van der Waals surface area contributed by atoms with Crippen LogP contribution in [0.2, 0.25) is 0 Å². The van der Waals surface area contributed by atoms with Gasteiger partial charge >= 0.3 is 0 Å². The van der Waals surface area contributed by atoms with Crippen LogP contribution in [-0.4, -0.2) is 47.6 Å². The molecule has 1 unspecified atom stereocenters. The molecule has 0 amide bonds. The summed E-state index contributed by atoms with van der Waals surface area (Å²) in [5.41, 5.74) is 0.998. The smallest absolute Gasteiger partial charge is 0.224 e. The number of aromatic nitrogens is 2. The van der Waals surface area contributed by atoms with E-state index >= 15 is 0 Å². The Hall–Kier alpha value is -1.36. The van der Waals surface area contributed by atoms with Gasteiger partial charge in [0, 0.05) is 30.9 Å². The number of likely N-dealkylation sites (N-methyl/N-ethyl adjacent to an activating group) is 1. The fourth-order valence-corrected chi connectivity index (χ4v) is 2.60. The maximum atomic E-state index is 4.53. The van der Waals surface area contributed by atoms with Gasteiger partial charge in [0.25, 0.3) is 0 Å². The van der Waals surface area contributed by atoms with Crippen molar-refractivity contribution in [3.05, 3.63) is 11.8 Å². The average Bonchev–Trinajstić information content (AvgIpc) is 2.44. The molecule has 2 heterocycles. The van der Waals surface area contributed by atoms with E-state index < -0.39 is 0 Å². The molecule has 2 rings (SSSR count). The van der Waals surface area contributed by atoms with E-state index in [0.29, 0.717) is 6.04 Å². The normalized spacial score (nSPS) is 19.9. The summed E-state index contributed by atoms with van der Waals surface area (Å²) in [6.07, 6.45) is 5.01. The van der Waals surface area contributed by atoms with E-state index in [1.807, 2.05) is 13.0 Å². The molecule has 1 aromatic rings. The Balaban J connectivity index is 1.92. The molecule has 0 bridgehead atoms. The van der Waals surface area contributed by atoms with Crippen LogP contribution in [0.3, 0.4) is 0 Å². The third-order valence-corrected chi connectivity index (χ3v) is 3.83. The second kappa shape index (κ2) is 7.43. The number of nitrogens with zero attached hydrogens (tertiary/aromatic N) is 3. The molecule has 1 atom stereocenters. The number of piperidine rings is 1. The van der Waals surface area contributed by atoms with Gasteiger partial charge in [-0.15, -0.1) is 0 Å². The zero-order valence-corrected chi connectivity index (χ0v) is 12.9. The molecular weight excluding hydrogens is 250 g/mol. The molecule has 20 heavy (non-hydrogen) atoms. The summed E-state index contributed by atoms with van der Waals surface area (Å²) in [6.45, 7) is 7.23. The maximum absolute atomic E-state index is 4.53. The van der Waals surface area contributed by atoms with Gasteiger partial charge in [-0.3, -0.25) is 0 Å². The highest BCUT2D eigenvalue weighted by Gasteiger charge is 2.18. The van der Waals surface area contributed by atoms with Gasteiger partial charge in [0.05, 0.1) is 0 Å². The number of hydrogen-bond acceptors (Lipinski definition) is 5. The van der Waals surface area contributed by atoms with Gasteiger partial charge in [0.1, 0.15) is 5.82 Å². The fraction of sp³-hybridized carbons (Fsp3) is 0.733. The lowest BCUT2D eigenvalue weighted by Gasteiger charge is -2.32. The number of hydrogen-bond donors (Lipinski definition) is 2. The van der Waals surface area contributed by atoms with Crippen LogP contribution in [0.5, 0.6) is 0 Å². The quantitative estimate of drug-likeness (QED) is 0.837. The minimum absolute atomic E-state index is 0.617. The molecule has 1 aliphatic heterocycles. The summed E-state index contributed by atoms with van der Waals surface area (Å²) < 4.78 is 0. The minimum Gasteiger partial charge on any atom is -0.368 e. The molecule has 0 aromatic carbocycles. The van der Waals surface area contributed by atoms with Crippen molar-refractivity contribution in [2.45, 2.75) is 45.6 Å². The van der Waals surface area contributed by atoms with E-state index in [2.05, 4.69) is 39.5 Å². The Kier molecular flexibility index (Phi) is 5.59. The highest BCUT2D eigenvalue weighted by Crippen LogP contribution is 2.16. The third-order valence-electron chi connectivity index (χ3n) is 3.83. The van der Waals surface area contributed by atoms with Crippen LogP contribution in [0.1, 0.15) is 38.3 Å². The SMILES string of the molecule is CCCNc1nc(C)cc(NCC2CCCCN2C)n1. The summed E-state index contributed by atoms with van der Waals surface area (Å²) in [5.74, 6) is 1.65. The van der Waals surface area contributed by atoms with Crippen LogP contribution < -0.4 is 10.6 Å². The highest BCUT2D eigenvalue weighted by molar-refractivity contribution is 5.42. The van der Waals surface area contributed by atoms with Crippen molar-refractivity contribution in [3.63, 3.8) is 0 Å². The van der Waals surface area contributed by atoms with Gasteiger partial charge in [-0.1, -0.05) is 13.3 Å². The molecule has 5 nitrogen and oxygen atoms in total. The van der Waals surface area contributed by atoms with Crippen molar-refractivity contribution in [1.82, 2.24) is 14.9 Å². The molecule has 1 aromatic heterocycles. The van der Waals surface area contributed by atoms with Gasteiger partial charge in [0.2, 0.25) is 5.95 Å². The van der Waals surface area contributed by atoms with Crippen LogP contribution in [0.25, 0.3) is 0 Å². The largest absolute Gasteiger partial charge is 0.368 e. The van der Waals surface area contributed by atoms with Crippen molar-refractivity contribution < 1.29 is 0 Å². The number of anilines is 2. The average molecular weight is 277 g/mol. The van der Waals surface area contributed by atoms with Gasteiger partial charge in [-0.05, 0) is 39.8 Å². The first-order chi connectivity index (χ1) is 9.69. The number of aryl methyl sites for hydroxylation is 1. The zero-order chi connectivity index (χ0) is 14.4. The van der Waals surface area contributed by atoms with Crippen molar-refractivity contribution in [3.8, 4) is 0 Å². The second-order valence-corrected chi connectivity index (χ2v) is 5.66. The molecular formula is C15H27N5. The Morgan fingerprint density at radius 3 is 2.90 bits per heavy atom. The first-order valence-corrected chi connectivity index (χ1v) is 7.72. The molecule has 1 aliphatic rings. The van der Waals surface area contributed by atoms with Crippen molar-refractivity contribution in [1.29, 1.82) is 0 Å². The molecule has 0 saturated carbocycles. The monoisotopic (exact) mass is 277 g/mol. The number of rotatable bonds is 6. The molecule has 1 saturated heterocycles. The van der Waals surface area contributed by atoms with E-state index in [4.69, 9.17) is 0 Å². The molecule has 2 N–H and O–H groups in total. The minimum atomic E-state index is 0.617. The summed E-state index contributed by atoms with van der Waals surface area (Å²) in [7, 11) is 2.21. The Morgan fingerprint density at radius 1 is 1.30 bits per heavy atom. The number of nitrogens with one attached hydrogen (secondary N) is 2. The van der Waals surface area contributed by atoms with Crippen LogP contribution in [0, 0.1) is 6.92 Å². The first-order valence-electron chi connectivity index (χ1n) is 7.72. The molecule has 0 aliphatic carbocycles. The van der Waals surface area contributed by atoms with Crippen molar-refractivity contribution >= 4 is 11.8 Å². The van der Waals surface area contributed by atoms with Gasteiger partial charge < -0.3 is 15.5 Å². The summed E-state index contributed by atoms with van der Waals surface area (Å²) >= 11 is 0. The third kappa shape index (κ3) is 4.34. The first kappa shape index (κ1) is 15.0. The van der Waals surface area contributed by atoms with Crippen molar-refractivity contribution in [2.75, 3.05) is 37.3 Å². The Morgan fingerprint density at radius 2 is 2.15 bits per heavy atom. The highest BCUT2D eigenvalue weighted by atomic mass is 15.2. The van der Waals surface area contributed by atoms with Crippen LogP contribution >= 0.6 is 0 Å². The van der Waals surface area contributed by atoms with Gasteiger partial charge in [-0.25, -0.2) is 4.98 Å². The summed E-state index contributed by atoms with van der Waals surface area (Å²) in [5, 5.41) is 6.72. The second-order valence-electron chi connectivity index (χ2n) is 5.66. The van der Waals surface area contributed by atoms with E-state index in [9.17, 15) is 0 Å². The lowest BCUT2D eigenvalue weighted by molar-refractivity contribution is 0.194. The van der Waals surface area contributed by atoms with Crippen molar-refractivity contribution in [2.24, 2.45) is 0 Å². The maximum Gasteiger partial charge on any atom is 0.224 e. The Labute approximate surface area is 122 Å². The fourth-order valence-electron chi connectivity index (χ4n) is 2.60. The summed E-state index contributed by atoms with van der Waals surface area (Å²) in [4.78, 5) is 11.4. The van der Waals surface area contributed by atoms with E-state index in [1.165, 1.54) is 25.8 Å². The summed E-state index contributed by atoms with van der Waals surface area (Å²) in [6, 6.07) is 2.63. The van der Waals surface area contributed by atoms with E-state index in [0.717, 1.165) is 37.0 Å². The van der Waals surface area contributed by atoms with Crippen LogP contribution in [0.4, 0.5) is 11.8 Å². The predicted octanol–water partition coefficient (Wildman–Crippen LogP) is 2.50. The Bertz CT molecular complexity index is 421. The van der Waals surface area contributed by atoms with Gasteiger partial charge in [-0.2, -0.15) is 4.98 Å². The van der Waals surface area contributed by atoms with Crippen LogP contribution in [0.15, 0.2) is 6.07 Å². The standard InChI is InChI=1S/C15H27N5/c1-4-8-16-15-18-12(2)10-14(19-15)17-11-13-7-5-6-9-20(13)3/h10,13H,4-9,11H2,1-3H3,(H2,16,17,18,19). The lowest BCUT2D eigenvalue weighted by atomic mass is 10.0. The van der Waals surface area contributed by atoms with E-state index in [-0.39, 0.29) is 0 Å². The van der Waals surface area contributed by atoms with Gasteiger partial charge in [0.15, 0.2) is 0 Å². The topological polar surface area (TPSA) is 53.1 Å². The molecule has 5 heteroatoms. The molecule has 0 spiro atoms.